The van der Waals surface area contributed by atoms with Gasteiger partial charge in [-0.1, -0.05) is 4.49 Å². The van der Waals surface area contributed by atoms with Gasteiger partial charge >= 0.3 is 0 Å². The molecule has 0 radical (unpaired) electrons. The third-order valence-corrected chi connectivity index (χ3v) is 6.50. The van der Waals surface area contributed by atoms with Crippen LogP contribution in [0.25, 0.3) is 0 Å². The predicted octanol–water partition coefficient (Wildman–Crippen LogP) is 3.58. The molecule has 2 aliphatic heterocycles. The Bertz CT molecular complexity index is 1030. The van der Waals surface area contributed by atoms with Crippen LogP contribution in [0.3, 0.4) is 0 Å². The van der Waals surface area contributed by atoms with Gasteiger partial charge in [0, 0.05) is 29.7 Å². The van der Waals surface area contributed by atoms with E-state index in [0.717, 1.165) is 28.5 Å². The summed E-state index contributed by atoms with van der Waals surface area (Å²) in [6.07, 6.45) is 1.26. The van der Waals surface area contributed by atoms with Crippen LogP contribution in [-0.2, 0) is 14.9 Å². The normalized spacial score (nSPS) is 17.7. The lowest BCUT2D eigenvalue weighted by Crippen LogP contribution is -2.42. The summed E-state index contributed by atoms with van der Waals surface area (Å²) in [4.78, 5) is 27.7. The maximum Gasteiger partial charge on any atom is 0.277 e. The van der Waals surface area contributed by atoms with Crippen molar-refractivity contribution in [1.82, 2.24) is 9.59 Å². The molecule has 0 atom stereocenters. The number of benzene rings is 1. The number of ether oxygens (including phenoxy) is 1. The Morgan fingerprint density at radius 2 is 2.07 bits per heavy atom. The van der Waals surface area contributed by atoms with Crippen LogP contribution < -0.4 is 10.2 Å². The molecular formula is C19H16N4O3S2. The monoisotopic (exact) mass is 412 g/mol. The summed E-state index contributed by atoms with van der Waals surface area (Å²) in [7, 11) is 0. The second-order valence-electron chi connectivity index (χ2n) is 6.79. The first-order valence-electron chi connectivity index (χ1n) is 8.86. The highest BCUT2D eigenvalue weighted by Crippen LogP contribution is 2.51. The number of nitrogens with one attached hydrogen (secondary N) is 1. The van der Waals surface area contributed by atoms with Crippen LogP contribution in [0.2, 0.25) is 0 Å². The lowest BCUT2D eigenvalue weighted by Gasteiger charge is -2.32. The van der Waals surface area contributed by atoms with Gasteiger partial charge in [0.15, 0.2) is 5.69 Å². The standard InChI is InChI=1S/C19H16N4O3S2/c24-17(15-11-28-22-21-15)20-12-1-2-16-14(9-12)19(4-6-26-7-5-19)18(25)23(16)13-3-8-27-10-13/h1-3,8-11H,4-7H2,(H,20,24). The summed E-state index contributed by atoms with van der Waals surface area (Å²) in [5.74, 6) is -0.231. The topological polar surface area (TPSA) is 84.4 Å². The second-order valence-corrected chi connectivity index (χ2v) is 8.18. The number of amides is 2. The molecule has 5 rings (SSSR count). The zero-order chi connectivity index (χ0) is 19.1. The van der Waals surface area contributed by atoms with E-state index >= 15 is 0 Å². The SMILES string of the molecule is O=C(Nc1ccc2c(c1)C1(CCOCC1)C(=O)N2c1ccsc1)c1csnn1. The first-order chi connectivity index (χ1) is 13.7. The average Bonchev–Trinajstić information content (AvgIpc) is 3.46. The van der Waals surface area contributed by atoms with Crippen LogP contribution in [-0.4, -0.2) is 34.6 Å². The van der Waals surface area contributed by atoms with E-state index in [4.69, 9.17) is 4.74 Å². The Labute approximate surface area is 169 Å². The van der Waals surface area contributed by atoms with E-state index in [1.165, 1.54) is 0 Å². The smallest absolute Gasteiger partial charge is 0.277 e. The number of nitrogens with zero attached hydrogens (tertiary/aromatic N) is 3. The van der Waals surface area contributed by atoms with Gasteiger partial charge in [0.25, 0.3) is 5.91 Å². The van der Waals surface area contributed by atoms with Crippen molar-refractivity contribution >= 4 is 51.7 Å². The van der Waals surface area contributed by atoms with Crippen LogP contribution in [0, 0.1) is 0 Å². The highest BCUT2D eigenvalue weighted by molar-refractivity contribution is 7.08. The minimum absolute atomic E-state index is 0.0800. The number of fused-ring (bicyclic) bond motifs is 2. The predicted molar refractivity (Wildman–Crippen MR) is 108 cm³/mol. The molecule has 9 heteroatoms. The Morgan fingerprint density at radius 1 is 1.21 bits per heavy atom. The Hall–Kier alpha value is -2.62. The van der Waals surface area contributed by atoms with E-state index < -0.39 is 5.41 Å². The summed E-state index contributed by atoms with van der Waals surface area (Å²) in [5.41, 5.74) is 3.01. The van der Waals surface area contributed by atoms with Gasteiger partial charge in [0.2, 0.25) is 5.91 Å². The maximum atomic E-state index is 13.5. The highest BCUT2D eigenvalue weighted by atomic mass is 32.1. The van der Waals surface area contributed by atoms with Crippen molar-refractivity contribution in [3.8, 4) is 0 Å². The van der Waals surface area contributed by atoms with Crippen molar-refractivity contribution in [2.24, 2.45) is 0 Å². The van der Waals surface area contributed by atoms with E-state index in [0.29, 0.717) is 31.7 Å². The fraction of sp³-hybridized carbons (Fsp3) is 0.263. The molecule has 0 bridgehead atoms. The minimum Gasteiger partial charge on any atom is -0.381 e. The lowest BCUT2D eigenvalue weighted by molar-refractivity contribution is -0.125. The molecule has 0 saturated carbocycles. The molecule has 2 aromatic heterocycles. The third-order valence-electron chi connectivity index (χ3n) is 5.33. The molecule has 2 amide bonds. The number of carbonyl (C=O) groups excluding carboxylic acids is 2. The molecule has 4 heterocycles. The maximum absolute atomic E-state index is 13.5. The molecule has 142 valence electrons. The largest absolute Gasteiger partial charge is 0.381 e. The number of hydrogen-bond acceptors (Lipinski definition) is 7. The van der Waals surface area contributed by atoms with Gasteiger partial charge in [-0.2, -0.15) is 11.3 Å². The lowest BCUT2D eigenvalue weighted by atomic mass is 9.75. The first kappa shape index (κ1) is 17.5. The van der Waals surface area contributed by atoms with Crippen LogP contribution in [0.1, 0.15) is 28.9 Å². The molecule has 1 spiro atoms. The van der Waals surface area contributed by atoms with Gasteiger partial charge in [0.05, 0.1) is 16.8 Å². The summed E-state index contributed by atoms with van der Waals surface area (Å²) < 4.78 is 9.26. The average molecular weight is 412 g/mol. The highest BCUT2D eigenvalue weighted by Gasteiger charge is 2.52. The van der Waals surface area contributed by atoms with Crippen LogP contribution in [0.15, 0.2) is 40.4 Å². The van der Waals surface area contributed by atoms with Crippen LogP contribution in [0.4, 0.5) is 17.1 Å². The molecular weight excluding hydrogens is 396 g/mol. The van der Waals surface area contributed by atoms with Gasteiger partial charge in [-0.25, -0.2) is 0 Å². The van der Waals surface area contributed by atoms with Crippen LogP contribution >= 0.6 is 22.9 Å². The Morgan fingerprint density at radius 3 is 2.79 bits per heavy atom. The van der Waals surface area contributed by atoms with E-state index in [2.05, 4.69) is 14.9 Å². The van der Waals surface area contributed by atoms with Crippen molar-refractivity contribution in [2.75, 3.05) is 23.4 Å². The van der Waals surface area contributed by atoms with Crippen molar-refractivity contribution in [3.05, 3.63) is 51.7 Å². The number of thiophene rings is 1. The van der Waals surface area contributed by atoms with Crippen molar-refractivity contribution in [2.45, 2.75) is 18.3 Å². The van der Waals surface area contributed by atoms with Crippen molar-refractivity contribution < 1.29 is 14.3 Å². The fourth-order valence-electron chi connectivity index (χ4n) is 3.93. The molecule has 1 aromatic carbocycles. The summed E-state index contributed by atoms with van der Waals surface area (Å²) in [6, 6.07) is 7.60. The van der Waals surface area contributed by atoms with E-state index in [1.54, 1.807) is 21.6 Å². The van der Waals surface area contributed by atoms with Crippen LogP contribution in [0.5, 0.6) is 0 Å². The van der Waals surface area contributed by atoms with Gasteiger partial charge in [-0.15, -0.1) is 5.10 Å². The molecule has 2 aliphatic rings. The number of aromatic nitrogens is 2. The summed E-state index contributed by atoms with van der Waals surface area (Å²) in [6.45, 7) is 1.09. The third kappa shape index (κ3) is 2.66. The van der Waals surface area contributed by atoms with Gasteiger partial charge in [-0.3, -0.25) is 14.5 Å². The molecule has 1 fully saturated rings. The number of carbonyl (C=O) groups is 2. The summed E-state index contributed by atoms with van der Waals surface area (Å²) >= 11 is 2.69. The van der Waals surface area contributed by atoms with Gasteiger partial charge < -0.3 is 10.1 Å². The molecule has 3 aromatic rings. The number of rotatable bonds is 3. The molecule has 0 unspecified atom stereocenters. The fourth-order valence-corrected chi connectivity index (χ4v) is 4.99. The molecule has 1 N–H and O–H groups in total. The molecule has 7 nitrogen and oxygen atoms in total. The zero-order valence-corrected chi connectivity index (χ0v) is 16.4. The zero-order valence-electron chi connectivity index (χ0n) is 14.8. The van der Waals surface area contributed by atoms with Gasteiger partial charge in [-0.05, 0) is 59.6 Å². The molecule has 1 saturated heterocycles. The first-order valence-corrected chi connectivity index (χ1v) is 10.6. The van der Waals surface area contributed by atoms with E-state index in [9.17, 15) is 9.59 Å². The quantitative estimate of drug-likeness (QED) is 0.711. The second kappa shape index (κ2) is 6.77. The minimum atomic E-state index is -0.613. The van der Waals surface area contributed by atoms with E-state index in [-0.39, 0.29) is 17.5 Å². The summed E-state index contributed by atoms with van der Waals surface area (Å²) in [5, 5.41) is 12.2. The Balaban J connectivity index is 1.57. The molecule has 28 heavy (non-hydrogen) atoms. The molecule has 0 aliphatic carbocycles. The number of anilines is 3. The van der Waals surface area contributed by atoms with E-state index in [1.807, 2.05) is 35.0 Å². The van der Waals surface area contributed by atoms with Gasteiger partial charge in [0.1, 0.15) is 0 Å². The van der Waals surface area contributed by atoms with Crippen molar-refractivity contribution in [1.29, 1.82) is 0 Å². The van der Waals surface area contributed by atoms with Crippen molar-refractivity contribution in [3.63, 3.8) is 0 Å². The number of hydrogen-bond donors (Lipinski definition) is 1. The Kier molecular flexibility index (Phi) is 4.22.